The molecule has 0 atom stereocenters. The van der Waals surface area contributed by atoms with Gasteiger partial charge in [-0.05, 0) is 25.6 Å². The van der Waals surface area contributed by atoms with Gasteiger partial charge in [0.25, 0.3) is 5.91 Å². The number of nitrogens with zero attached hydrogens (tertiary/aromatic N) is 4. The molecule has 5 heteroatoms. The van der Waals surface area contributed by atoms with Gasteiger partial charge in [-0.1, -0.05) is 6.92 Å². The smallest absolute Gasteiger partial charge is 0.274 e. The number of piperazine rings is 1. The molecule has 1 aliphatic rings. The standard InChI is InChI=1S/C12H18N4O/c1-3-15-6-8-16(9-7-15)12(17)11-5-4-10(2)13-14-11/h4-5H,3,6-9H2,1-2H3. The molecule has 0 radical (unpaired) electrons. The van der Waals surface area contributed by atoms with Crippen molar-refractivity contribution >= 4 is 5.91 Å². The van der Waals surface area contributed by atoms with Crippen molar-refractivity contribution in [3.05, 3.63) is 23.5 Å². The number of likely N-dealkylation sites (N-methyl/N-ethyl adjacent to an activating group) is 1. The minimum atomic E-state index is -0.00625. The first-order valence-electron chi connectivity index (χ1n) is 6.02. The van der Waals surface area contributed by atoms with Crippen LogP contribution in [0.3, 0.4) is 0 Å². The number of aryl methyl sites for hydroxylation is 1. The van der Waals surface area contributed by atoms with Crippen LogP contribution in [-0.2, 0) is 0 Å². The summed E-state index contributed by atoms with van der Waals surface area (Å²) < 4.78 is 0. The molecule has 1 saturated heterocycles. The third kappa shape index (κ3) is 2.79. The van der Waals surface area contributed by atoms with Gasteiger partial charge in [0.1, 0.15) is 0 Å². The van der Waals surface area contributed by atoms with E-state index < -0.39 is 0 Å². The zero-order chi connectivity index (χ0) is 12.3. The van der Waals surface area contributed by atoms with Gasteiger partial charge in [0, 0.05) is 26.2 Å². The highest BCUT2D eigenvalue weighted by atomic mass is 16.2. The van der Waals surface area contributed by atoms with E-state index >= 15 is 0 Å². The molecule has 92 valence electrons. The minimum absolute atomic E-state index is 0.00625. The molecule has 0 unspecified atom stereocenters. The lowest BCUT2D eigenvalue weighted by Crippen LogP contribution is -2.48. The number of hydrogen-bond donors (Lipinski definition) is 0. The van der Waals surface area contributed by atoms with E-state index in [0.717, 1.165) is 38.4 Å². The maximum Gasteiger partial charge on any atom is 0.274 e. The van der Waals surface area contributed by atoms with E-state index in [-0.39, 0.29) is 5.91 Å². The minimum Gasteiger partial charge on any atom is -0.335 e. The van der Waals surface area contributed by atoms with E-state index in [9.17, 15) is 4.79 Å². The molecule has 1 aromatic rings. The largest absolute Gasteiger partial charge is 0.335 e. The van der Waals surface area contributed by atoms with Crippen LogP contribution < -0.4 is 0 Å². The van der Waals surface area contributed by atoms with Crippen LogP contribution in [0.25, 0.3) is 0 Å². The van der Waals surface area contributed by atoms with Gasteiger partial charge < -0.3 is 9.80 Å². The number of carbonyl (C=O) groups excluding carboxylic acids is 1. The summed E-state index contributed by atoms with van der Waals surface area (Å²) in [6.45, 7) is 8.50. The SMILES string of the molecule is CCN1CCN(C(=O)c2ccc(C)nn2)CC1. The topological polar surface area (TPSA) is 49.3 Å². The number of amides is 1. The van der Waals surface area contributed by atoms with Crippen LogP contribution >= 0.6 is 0 Å². The van der Waals surface area contributed by atoms with Crippen LogP contribution in [-0.4, -0.2) is 58.6 Å². The third-order valence-corrected chi connectivity index (χ3v) is 3.12. The molecule has 0 saturated carbocycles. The lowest BCUT2D eigenvalue weighted by atomic mass is 10.2. The van der Waals surface area contributed by atoms with Crippen molar-refractivity contribution in [3.8, 4) is 0 Å². The van der Waals surface area contributed by atoms with E-state index in [1.54, 1.807) is 6.07 Å². The maximum atomic E-state index is 12.1. The first-order chi connectivity index (χ1) is 8.20. The average molecular weight is 234 g/mol. The van der Waals surface area contributed by atoms with Gasteiger partial charge in [-0.15, -0.1) is 5.10 Å². The molecule has 1 aromatic heterocycles. The fourth-order valence-electron chi connectivity index (χ4n) is 1.94. The van der Waals surface area contributed by atoms with Gasteiger partial charge in [-0.25, -0.2) is 0 Å². The number of carbonyl (C=O) groups is 1. The van der Waals surface area contributed by atoms with Crippen LogP contribution in [0.15, 0.2) is 12.1 Å². The zero-order valence-electron chi connectivity index (χ0n) is 10.4. The Bertz CT molecular complexity index is 382. The van der Waals surface area contributed by atoms with Gasteiger partial charge in [0.15, 0.2) is 5.69 Å². The van der Waals surface area contributed by atoms with Crippen LogP contribution in [0, 0.1) is 6.92 Å². The Morgan fingerprint density at radius 3 is 2.47 bits per heavy atom. The van der Waals surface area contributed by atoms with Crippen LogP contribution in [0.4, 0.5) is 0 Å². The monoisotopic (exact) mass is 234 g/mol. The molecule has 0 aliphatic carbocycles. The summed E-state index contributed by atoms with van der Waals surface area (Å²) in [4.78, 5) is 16.3. The molecule has 1 amide bonds. The normalized spacial score (nSPS) is 17.2. The molecular weight excluding hydrogens is 216 g/mol. The van der Waals surface area contributed by atoms with Gasteiger partial charge in [-0.2, -0.15) is 5.10 Å². The lowest BCUT2D eigenvalue weighted by molar-refractivity contribution is 0.0636. The summed E-state index contributed by atoms with van der Waals surface area (Å²) in [5.74, 6) is -0.00625. The fraction of sp³-hybridized carbons (Fsp3) is 0.583. The summed E-state index contributed by atoms with van der Waals surface area (Å²) in [7, 11) is 0. The van der Waals surface area contributed by atoms with Crippen LogP contribution in [0.1, 0.15) is 23.1 Å². The zero-order valence-corrected chi connectivity index (χ0v) is 10.4. The molecule has 5 nitrogen and oxygen atoms in total. The van der Waals surface area contributed by atoms with Crippen molar-refractivity contribution in [2.75, 3.05) is 32.7 Å². The van der Waals surface area contributed by atoms with Crippen molar-refractivity contribution in [3.63, 3.8) is 0 Å². The second-order valence-electron chi connectivity index (χ2n) is 4.29. The van der Waals surface area contributed by atoms with E-state index in [1.807, 2.05) is 17.9 Å². The number of rotatable bonds is 2. The van der Waals surface area contributed by atoms with E-state index in [1.165, 1.54) is 0 Å². The molecule has 17 heavy (non-hydrogen) atoms. The Hall–Kier alpha value is -1.49. The number of aromatic nitrogens is 2. The lowest BCUT2D eigenvalue weighted by Gasteiger charge is -2.33. The van der Waals surface area contributed by atoms with Crippen molar-refractivity contribution in [2.24, 2.45) is 0 Å². The van der Waals surface area contributed by atoms with Crippen LogP contribution in [0.5, 0.6) is 0 Å². The Balaban J connectivity index is 1.99. The quantitative estimate of drug-likeness (QED) is 0.750. The Morgan fingerprint density at radius 1 is 1.24 bits per heavy atom. The molecule has 0 N–H and O–H groups in total. The molecule has 2 rings (SSSR count). The van der Waals surface area contributed by atoms with Crippen molar-refractivity contribution in [1.82, 2.24) is 20.0 Å². The predicted octanol–water partition coefficient (Wildman–Crippen LogP) is 0.563. The van der Waals surface area contributed by atoms with Gasteiger partial charge >= 0.3 is 0 Å². The number of hydrogen-bond acceptors (Lipinski definition) is 4. The second-order valence-corrected chi connectivity index (χ2v) is 4.29. The van der Waals surface area contributed by atoms with Crippen LogP contribution in [0.2, 0.25) is 0 Å². The first-order valence-corrected chi connectivity index (χ1v) is 6.02. The Labute approximate surface area is 101 Å². The highest BCUT2D eigenvalue weighted by Crippen LogP contribution is 2.06. The molecule has 0 bridgehead atoms. The molecular formula is C12H18N4O. The van der Waals surface area contributed by atoms with E-state index in [4.69, 9.17) is 0 Å². The van der Waals surface area contributed by atoms with Crippen molar-refractivity contribution < 1.29 is 4.79 Å². The van der Waals surface area contributed by atoms with Crippen molar-refractivity contribution in [1.29, 1.82) is 0 Å². The van der Waals surface area contributed by atoms with Gasteiger partial charge in [0.05, 0.1) is 5.69 Å². The fourth-order valence-corrected chi connectivity index (χ4v) is 1.94. The summed E-state index contributed by atoms with van der Waals surface area (Å²) >= 11 is 0. The molecule has 2 heterocycles. The molecule has 0 aromatic carbocycles. The highest BCUT2D eigenvalue weighted by Gasteiger charge is 2.22. The van der Waals surface area contributed by atoms with Gasteiger partial charge in [0.2, 0.25) is 0 Å². The summed E-state index contributed by atoms with van der Waals surface area (Å²) in [6.07, 6.45) is 0. The van der Waals surface area contributed by atoms with Crippen molar-refractivity contribution in [2.45, 2.75) is 13.8 Å². The second kappa shape index (κ2) is 5.23. The highest BCUT2D eigenvalue weighted by molar-refractivity contribution is 5.92. The molecule has 1 fully saturated rings. The molecule has 1 aliphatic heterocycles. The predicted molar refractivity (Wildman–Crippen MR) is 64.8 cm³/mol. The van der Waals surface area contributed by atoms with Gasteiger partial charge in [-0.3, -0.25) is 4.79 Å². The molecule has 0 spiro atoms. The Morgan fingerprint density at radius 2 is 1.94 bits per heavy atom. The first kappa shape index (κ1) is 12.0. The van der Waals surface area contributed by atoms with E-state index in [0.29, 0.717) is 5.69 Å². The van der Waals surface area contributed by atoms with E-state index in [2.05, 4.69) is 22.0 Å². The summed E-state index contributed by atoms with van der Waals surface area (Å²) in [5, 5.41) is 7.86. The Kier molecular flexibility index (Phi) is 3.68. The summed E-state index contributed by atoms with van der Waals surface area (Å²) in [6, 6.07) is 3.57. The summed E-state index contributed by atoms with van der Waals surface area (Å²) in [5.41, 5.74) is 1.28. The average Bonchev–Trinajstić information content (AvgIpc) is 2.39. The third-order valence-electron chi connectivity index (χ3n) is 3.12. The maximum absolute atomic E-state index is 12.1.